The van der Waals surface area contributed by atoms with Crippen molar-refractivity contribution in [2.24, 2.45) is 0 Å². The number of amides is 2. The van der Waals surface area contributed by atoms with Crippen LogP contribution in [0, 0.1) is 0 Å². The molecular formula is C23H23FN2OS. The molecule has 0 saturated heterocycles. The second-order valence-corrected chi connectivity index (χ2v) is 7.91. The molecule has 28 heavy (non-hydrogen) atoms. The minimum atomic E-state index is -0.176. The first-order valence-electron chi connectivity index (χ1n) is 9.54. The molecule has 4 rings (SSSR count). The van der Waals surface area contributed by atoms with Crippen LogP contribution in [0.2, 0.25) is 0 Å². The van der Waals surface area contributed by atoms with Gasteiger partial charge in [0.25, 0.3) is 0 Å². The van der Waals surface area contributed by atoms with Gasteiger partial charge in [-0.05, 0) is 60.7 Å². The van der Waals surface area contributed by atoms with Crippen LogP contribution in [0.4, 0.5) is 9.18 Å². The van der Waals surface area contributed by atoms with Gasteiger partial charge in [-0.2, -0.15) is 0 Å². The van der Waals surface area contributed by atoms with E-state index in [9.17, 15) is 9.18 Å². The summed E-state index contributed by atoms with van der Waals surface area (Å²) in [7, 11) is 0. The number of thiol groups is 1. The highest BCUT2D eigenvalue weighted by Gasteiger charge is 2.36. The quantitative estimate of drug-likeness (QED) is 0.643. The SMILES string of the molecule is C[C@H]1Cc2ccccc2[C@@H](c2ccc(S)cc2)N1C(=O)NC1=CC=C(F)CC1. The number of halogens is 1. The van der Waals surface area contributed by atoms with Crippen molar-refractivity contribution in [2.45, 2.75) is 43.2 Å². The monoisotopic (exact) mass is 394 g/mol. The summed E-state index contributed by atoms with van der Waals surface area (Å²) in [5, 5.41) is 3.00. The number of benzene rings is 2. The first-order chi connectivity index (χ1) is 13.5. The standard InChI is InChI=1S/C23H23FN2OS/c1-15-14-17-4-2-3-5-21(17)22(16-6-12-20(28)13-7-16)26(15)23(27)25-19-10-8-18(24)9-11-19/h2-8,10,12-13,15,22,28H,9,11,14H2,1H3,(H,25,27)/t15-,22+/m0/s1. The summed E-state index contributed by atoms with van der Waals surface area (Å²) >= 11 is 4.39. The predicted octanol–water partition coefficient (Wildman–Crippen LogP) is 5.55. The van der Waals surface area contributed by atoms with Crippen molar-refractivity contribution in [3.8, 4) is 0 Å². The van der Waals surface area contributed by atoms with Gasteiger partial charge in [0.1, 0.15) is 5.83 Å². The minimum Gasteiger partial charge on any atom is -0.312 e. The number of nitrogens with zero attached hydrogens (tertiary/aromatic N) is 1. The van der Waals surface area contributed by atoms with E-state index >= 15 is 0 Å². The number of carbonyl (C=O) groups is 1. The molecule has 0 spiro atoms. The van der Waals surface area contributed by atoms with E-state index in [1.807, 2.05) is 41.3 Å². The van der Waals surface area contributed by atoms with Gasteiger partial charge in [0.15, 0.2) is 0 Å². The van der Waals surface area contributed by atoms with Crippen molar-refractivity contribution in [3.05, 3.63) is 88.9 Å². The number of carbonyl (C=O) groups excluding carboxylic acids is 1. The van der Waals surface area contributed by atoms with Crippen LogP contribution in [-0.2, 0) is 6.42 Å². The second-order valence-electron chi connectivity index (χ2n) is 7.39. The molecule has 1 N–H and O–H groups in total. The maximum absolute atomic E-state index is 13.3. The van der Waals surface area contributed by atoms with E-state index in [0.717, 1.165) is 28.1 Å². The molecule has 0 radical (unpaired) electrons. The number of hydrogen-bond acceptors (Lipinski definition) is 2. The average Bonchev–Trinajstić information content (AvgIpc) is 2.69. The number of urea groups is 1. The fraction of sp³-hybridized carbons (Fsp3) is 0.261. The van der Waals surface area contributed by atoms with Gasteiger partial charge in [-0.25, -0.2) is 9.18 Å². The fourth-order valence-electron chi connectivity index (χ4n) is 4.04. The van der Waals surface area contributed by atoms with E-state index < -0.39 is 0 Å². The summed E-state index contributed by atoms with van der Waals surface area (Å²) in [6.45, 7) is 2.07. The summed E-state index contributed by atoms with van der Waals surface area (Å²) < 4.78 is 13.3. The van der Waals surface area contributed by atoms with Crippen molar-refractivity contribution < 1.29 is 9.18 Å². The lowest BCUT2D eigenvalue weighted by atomic mass is 9.85. The van der Waals surface area contributed by atoms with Gasteiger partial charge >= 0.3 is 6.03 Å². The zero-order chi connectivity index (χ0) is 19.7. The lowest BCUT2D eigenvalue weighted by molar-refractivity contribution is 0.155. The van der Waals surface area contributed by atoms with Gasteiger partial charge in [0.2, 0.25) is 0 Å². The maximum Gasteiger partial charge on any atom is 0.322 e. The molecule has 1 aliphatic carbocycles. The third kappa shape index (κ3) is 3.72. The molecule has 144 valence electrons. The molecule has 0 bridgehead atoms. The van der Waals surface area contributed by atoms with Crippen molar-refractivity contribution in [3.63, 3.8) is 0 Å². The van der Waals surface area contributed by atoms with Crippen LogP contribution < -0.4 is 5.32 Å². The Morgan fingerprint density at radius 2 is 1.86 bits per heavy atom. The summed E-state index contributed by atoms with van der Waals surface area (Å²) in [6.07, 6.45) is 4.72. The average molecular weight is 395 g/mol. The molecule has 1 heterocycles. The third-order valence-electron chi connectivity index (χ3n) is 5.43. The molecule has 2 amide bonds. The number of allylic oxidation sites excluding steroid dienone is 4. The van der Waals surface area contributed by atoms with Crippen LogP contribution in [0.3, 0.4) is 0 Å². The molecule has 2 atom stereocenters. The van der Waals surface area contributed by atoms with Crippen LogP contribution in [0.15, 0.2) is 77.1 Å². The highest BCUT2D eigenvalue weighted by Crippen LogP contribution is 2.38. The summed E-state index contributed by atoms with van der Waals surface area (Å²) in [5.74, 6) is -0.150. The van der Waals surface area contributed by atoms with Gasteiger partial charge in [-0.3, -0.25) is 0 Å². The van der Waals surface area contributed by atoms with E-state index in [4.69, 9.17) is 0 Å². The van der Waals surface area contributed by atoms with E-state index in [0.29, 0.717) is 12.8 Å². The lowest BCUT2D eigenvalue weighted by Gasteiger charge is -2.42. The Balaban J connectivity index is 1.71. The number of nitrogens with one attached hydrogen (secondary N) is 1. The van der Waals surface area contributed by atoms with E-state index in [1.54, 1.807) is 6.08 Å². The van der Waals surface area contributed by atoms with Crippen LogP contribution in [-0.4, -0.2) is 17.0 Å². The van der Waals surface area contributed by atoms with E-state index in [1.165, 1.54) is 11.6 Å². The Kier molecular flexibility index (Phi) is 5.27. The molecule has 2 aliphatic rings. The lowest BCUT2D eigenvalue weighted by Crippen LogP contribution is -2.50. The zero-order valence-electron chi connectivity index (χ0n) is 15.7. The van der Waals surface area contributed by atoms with Crippen LogP contribution in [0.1, 0.15) is 42.5 Å². The molecule has 0 unspecified atom stereocenters. The normalized spacial score (nSPS) is 21.5. The maximum atomic E-state index is 13.3. The minimum absolute atomic E-state index is 0.0343. The Morgan fingerprint density at radius 3 is 2.57 bits per heavy atom. The van der Waals surface area contributed by atoms with Gasteiger partial charge in [0, 0.05) is 23.1 Å². The third-order valence-corrected chi connectivity index (χ3v) is 5.73. The molecule has 0 fully saturated rings. The largest absolute Gasteiger partial charge is 0.322 e. The molecule has 1 aliphatic heterocycles. The van der Waals surface area contributed by atoms with Gasteiger partial charge in [-0.1, -0.05) is 36.4 Å². The van der Waals surface area contributed by atoms with Crippen LogP contribution in [0.5, 0.6) is 0 Å². The number of fused-ring (bicyclic) bond motifs is 1. The highest BCUT2D eigenvalue weighted by molar-refractivity contribution is 7.80. The molecular weight excluding hydrogens is 371 g/mol. The summed E-state index contributed by atoms with van der Waals surface area (Å²) in [6, 6.07) is 16.0. The van der Waals surface area contributed by atoms with Gasteiger partial charge in [0.05, 0.1) is 6.04 Å². The van der Waals surface area contributed by atoms with Crippen molar-refractivity contribution >= 4 is 18.7 Å². The molecule has 2 aromatic carbocycles. The van der Waals surface area contributed by atoms with Crippen molar-refractivity contribution in [1.82, 2.24) is 10.2 Å². The van der Waals surface area contributed by atoms with Crippen LogP contribution >= 0.6 is 12.6 Å². The zero-order valence-corrected chi connectivity index (χ0v) is 16.6. The Hall–Kier alpha value is -2.53. The summed E-state index contributed by atoms with van der Waals surface area (Å²) in [5.41, 5.74) is 4.21. The van der Waals surface area contributed by atoms with E-state index in [2.05, 4.69) is 37.0 Å². The Morgan fingerprint density at radius 1 is 1.11 bits per heavy atom. The Labute approximate surface area is 170 Å². The fourth-order valence-corrected chi connectivity index (χ4v) is 4.19. The molecule has 0 saturated carbocycles. The first-order valence-corrected chi connectivity index (χ1v) is 9.99. The molecule has 3 nitrogen and oxygen atoms in total. The molecule has 0 aromatic heterocycles. The topological polar surface area (TPSA) is 32.3 Å². The highest BCUT2D eigenvalue weighted by atomic mass is 32.1. The number of rotatable bonds is 2. The molecule has 2 aromatic rings. The Bertz CT molecular complexity index is 951. The van der Waals surface area contributed by atoms with Crippen LogP contribution in [0.25, 0.3) is 0 Å². The van der Waals surface area contributed by atoms with Crippen molar-refractivity contribution in [1.29, 1.82) is 0 Å². The van der Waals surface area contributed by atoms with Gasteiger partial charge < -0.3 is 10.2 Å². The van der Waals surface area contributed by atoms with Crippen molar-refractivity contribution in [2.75, 3.05) is 0 Å². The second kappa shape index (κ2) is 7.84. The van der Waals surface area contributed by atoms with E-state index in [-0.39, 0.29) is 23.9 Å². The predicted molar refractivity (Wildman–Crippen MR) is 112 cm³/mol. The summed E-state index contributed by atoms with van der Waals surface area (Å²) in [4.78, 5) is 16.1. The smallest absolute Gasteiger partial charge is 0.312 e. The first kappa shape index (κ1) is 18.8. The van der Waals surface area contributed by atoms with Gasteiger partial charge in [-0.15, -0.1) is 12.6 Å². The molecule has 5 heteroatoms. The number of hydrogen-bond donors (Lipinski definition) is 2.